The SMILES string of the molecule is O=C(Nc1ccc2nc(CCc3ccccc3)[nH]c2c1)c1ccncc1. The topological polar surface area (TPSA) is 70.7 Å². The number of aromatic amines is 1. The molecule has 0 saturated carbocycles. The van der Waals surface area contributed by atoms with Crippen molar-refractivity contribution in [1.29, 1.82) is 0 Å². The van der Waals surface area contributed by atoms with Crippen molar-refractivity contribution in [1.82, 2.24) is 15.0 Å². The molecule has 0 spiro atoms. The van der Waals surface area contributed by atoms with E-state index >= 15 is 0 Å². The van der Waals surface area contributed by atoms with Gasteiger partial charge >= 0.3 is 0 Å². The van der Waals surface area contributed by atoms with Gasteiger partial charge in [0.15, 0.2) is 0 Å². The number of carbonyl (C=O) groups is 1. The normalized spacial score (nSPS) is 10.8. The second kappa shape index (κ2) is 7.19. The van der Waals surface area contributed by atoms with Crippen LogP contribution < -0.4 is 5.32 Å². The number of nitrogens with zero attached hydrogens (tertiary/aromatic N) is 2. The van der Waals surface area contributed by atoms with Crippen LogP contribution >= 0.6 is 0 Å². The molecule has 0 aliphatic rings. The maximum absolute atomic E-state index is 12.3. The number of nitrogens with one attached hydrogen (secondary N) is 2. The molecule has 26 heavy (non-hydrogen) atoms. The Morgan fingerprint density at radius 1 is 0.962 bits per heavy atom. The minimum absolute atomic E-state index is 0.157. The lowest BCUT2D eigenvalue weighted by Gasteiger charge is -2.04. The van der Waals surface area contributed by atoms with Gasteiger partial charge in [-0.05, 0) is 42.3 Å². The van der Waals surface area contributed by atoms with Crippen LogP contribution in [0.5, 0.6) is 0 Å². The molecule has 0 atom stereocenters. The summed E-state index contributed by atoms with van der Waals surface area (Å²) >= 11 is 0. The molecule has 1 amide bonds. The number of hydrogen-bond donors (Lipinski definition) is 2. The van der Waals surface area contributed by atoms with Crippen molar-refractivity contribution >= 4 is 22.6 Å². The van der Waals surface area contributed by atoms with Crippen molar-refractivity contribution in [3.05, 3.63) is 90.0 Å². The van der Waals surface area contributed by atoms with Crippen LogP contribution in [0, 0.1) is 0 Å². The summed E-state index contributed by atoms with van der Waals surface area (Å²) in [4.78, 5) is 24.2. The van der Waals surface area contributed by atoms with Crippen LogP contribution in [0.4, 0.5) is 5.69 Å². The third-order valence-corrected chi connectivity index (χ3v) is 4.22. The number of rotatable bonds is 5. The number of fused-ring (bicyclic) bond motifs is 1. The molecule has 5 nitrogen and oxygen atoms in total. The number of hydrogen-bond acceptors (Lipinski definition) is 3. The van der Waals surface area contributed by atoms with E-state index in [1.807, 2.05) is 36.4 Å². The molecule has 0 saturated heterocycles. The number of aryl methyl sites for hydroxylation is 2. The average Bonchev–Trinajstić information content (AvgIpc) is 3.10. The second-order valence-electron chi connectivity index (χ2n) is 6.09. The van der Waals surface area contributed by atoms with E-state index in [0.29, 0.717) is 5.56 Å². The Bertz CT molecular complexity index is 1030. The van der Waals surface area contributed by atoms with Gasteiger partial charge in [0, 0.05) is 30.1 Å². The third kappa shape index (κ3) is 3.62. The Morgan fingerprint density at radius 3 is 2.58 bits per heavy atom. The van der Waals surface area contributed by atoms with E-state index in [0.717, 1.165) is 35.4 Å². The predicted molar refractivity (Wildman–Crippen MR) is 102 cm³/mol. The van der Waals surface area contributed by atoms with Gasteiger partial charge in [0.25, 0.3) is 5.91 Å². The first-order valence-electron chi connectivity index (χ1n) is 8.52. The van der Waals surface area contributed by atoms with Crippen molar-refractivity contribution in [2.24, 2.45) is 0 Å². The molecule has 0 bridgehead atoms. The van der Waals surface area contributed by atoms with Crippen LogP contribution in [0.15, 0.2) is 73.1 Å². The molecule has 2 N–H and O–H groups in total. The van der Waals surface area contributed by atoms with Crippen molar-refractivity contribution in [3.63, 3.8) is 0 Å². The minimum Gasteiger partial charge on any atom is -0.342 e. The first-order valence-corrected chi connectivity index (χ1v) is 8.52. The van der Waals surface area contributed by atoms with Gasteiger partial charge in [-0.3, -0.25) is 9.78 Å². The zero-order valence-corrected chi connectivity index (χ0v) is 14.1. The summed E-state index contributed by atoms with van der Waals surface area (Å²) in [6.07, 6.45) is 4.99. The van der Waals surface area contributed by atoms with Crippen molar-refractivity contribution < 1.29 is 4.79 Å². The summed E-state index contributed by atoms with van der Waals surface area (Å²) in [5, 5.41) is 2.90. The van der Waals surface area contributed by atoms with Crippen LogP contribution in [0.3, 0.4) is 0 Å². The van der Waals surface area contributed by atoms with Gasteiger partial charge in [-0.1, -0.05) is 30.3 Å². The highest BCUT2D eigenvalue weighted by molar-refractivity contribution is 6.04. The molecule has 2 heterocycles. The second-order valence-corrected chi connectivity index (χ2v) is 6.09. The lowest BCUT2D eigenvalue weighted by atomic mass is 10.1. The molecule has 0 aliphatic carbocycles. The summed E-state index contributed by atoms with van der Waals surface area (Å²) < 4.78 is 0. The fourth-order valence-electron chi connectivity index (χ4n) is 2.87. The summed E-state index contributed by atoms with van der Waals surface area (Å²) in [5.74, 6) is 0.789. The largest absolute Gasteiger partial charge is 0.342 e. The van der Waals surface area contributed by atoms with Gasteiger partial charge in [-0.2, -0.15) is 0 Å². The molecule has 2 aromatic carbocycles. The molecule has 0 aliphatic heterocycles. The number of benzene rings is 2. The van der Waals surface area contributed by atoms with Crippen LogP contribution in [0.2, 0.25) is 0 Å². The summed E-state index contributed by atoms with van der Waals surface area (Å²) in [6, 6.07) is 19.4. The van der Waals surface area contributed by atoms with Crippen molar-refractivity contribution in [2.45, 2.75) is 12.8 Å². The maximum Gasteiger partial charge on any atom is 0.255 e. The third-order valence-electron chi connectivity index (χ3n) is 4.22. The number of amides is 1. The lowest BCUT2D eigenvalue weighted by Crippen LogP contribution is -2.11. The molecule has 0 unspecified atom stereocenters. The lowest BCUT2D eigenvalue weighted by molar-refractivity contribution is 0.102. The van der Waals surface area contributed by atoms with Gasteiger partial charge < -0.3 is 10.3 Å². The Labute approximate surface area is 151 Å². The quantitative estimate of drug-likeness (QED) is 0.576. The monoisotopic (exact) mass is 342 g/mol. The molecule has 2 aromatic heterocycles. The predicted octanol–water partition coefficient (Wildman–Crippen LogP) is 4.00. The van der Waals surface area contributed by atoms with E-state index in [-0.39, 0.29) is 5.91 Å². The van der Waals surface area contributed by atoms with Gasteiger partial charge in [0.05, 0.1) is 11.0 Å². The van der Waals surface area contributed by atoms with Gasteiger partial charge in [-0.15, -0.1) is 0 Å². The van der Waals surface area contributed by atoms with Gasteiger partial charge in [-0.25, -0.2) is 4.98 Å². The van der Waals surface area contributed by atoms with E-state index in [9.17, 15) is 4.79 Å². The smallest absolute Gasteiger partial charge is 0.255 e. The van der Waals surface area contributed by atoms with Crippen LogP contribution in [-0.4, -0.2) is 20.9 Å². The Morgan fingerprint density at radius 2 is 1.77 bits per heavy atom. The molecular formula is C21H18N4O. The molecule has 128 valence electrons. The Kier molecular flexibility index (Phi) is 4.43. The fraction of sp³-hybridized carbons (Fsp3) is 0.0952. The average molecular weight is 342 g/mol. The van der Waals surface area contributed by atoms with Crippen LogP contribution in [0.1, 0.15) is 21.7 Å². The van der Waals surface area contributed by atoms with Crippen LogP contribution in [0.25, 0.3) is 11.0 Å². The molecule has 5 heteroatoms. The molecule has 4 rings (SSSR count). The first kappa shape index (κ1) is 16.0. The first-order chi connectivity index (χ1) is 12.8. The highest BCUT2D eigenvalue weighted by Crippen LogP contribution is 2.19. The summed E-state index contributed by atoms with van der Waals surface area (Å²) in [6.45, 7) is 0. The molecule has 0 fully saturated rings. The number of pyridine rings is 1. The highest BCUT2D eigenvalue weighted by atomic mass is 16.1. The standard InChI is InChI=1S/C21H18N4O/c26-21(16-10-12-22-13-11-16)23-17-7-8-18-19(14-17)25-20(24-18)9-6-15-4-2-1-3-5-15/h1-5,7-8,10-14H,6,9H2,(H,23,26)(H,24,25). The van der Waals surface area contributed by atoms with E-state index in [1.165, 1.54) is 5.56 Å². The highest BCUT2D eigenvalue weighted by Gasteiger charge is 2.08. The van der Waals surface area contributed by atoms with E-state index in [1.54, 1.807) is 24.5 Å². The van der Waals surface area contributed by atoms with Crippen molar-refractivity contribution in [3.8, 4) is 0 Å². The Balaban J connectivity index is 1.48. The van der Waals surface area contributed by atoms with Gasteiger partial charge in [0.2, 0.25) is 0 Å². The van der Waals surface area contributed by atoms with E-state index < -0.39 is 0 Å². The summed E-state index contributed by atoms with van der Waals surface area (Å²) in [5.41, 5.74) is 4.42. The molecular weight excluding hydrogens is 324 g/mol. The van der Waals surface area contributed by atoms with Crippen molar-refractivity contribution in [2.75, 3.05) is 5.32 Å². The van der Waals surface area contributed by atoms with E-state index in [4.69, 9.17) is 0 Å². The zero-order chi connectivity index (χ0) is 17.8. The number of anilines is 1. The number of aromatic nitrogens is 3. The van der Waals surface area contributed by atoms with Gasteiger partial charge in [0.1, 0.15) is 5.82 Å². The maximum atomic E-state index is 12.3. The summed E-state index contributed by atoms with van der Waals surface area (Å²) in [7, 11) is 0. The number of H-pyrrole nitrogens is 1. The number of imidazole rings is 1. The minimum atomic E-state index is -0.157. The van der Waals surface area contributed by atoms with Crippen LogP contribution in [-0.2, 0) is 12.8 Å². The fourth-order valence-corrected chi connectivity index (χ4v) is 2.87. The molecule has 0 radical (unpaired) electrons. The Hall–Kier alpha value is -3.47. The zero-order valence-electron chi connectivity index (χ0n) is 14.1. The molecule has 4 aromatic rings. The van der Waals surface area contributed by atoms with E-state index in [2.05, 4.69) is 32.4 Å². The number of carbonyl (C=O) groups excluding carboxylic acids is 1.